The third kappa shape index (κ3) is 4.58. The Morgan fingerprint density at radius 2 is 1.87 bits per heavy atom. The largest absolute Gasteiger partial charge is 0.461 e. The zero-order chi connectivity index (χ0) is 22.5. The molecule has 0 aliphatic carbocycles. The molecule has 31 heavy (non-hydrogen) atoms. The highest BCUT2D eigenvalue weighted by Gasteiger charge is 2.28. The number of ketones is 1. The Kier molecular flexibility index (Phi) is 6.69. The van der Waals surface area contributed by atoms with E-state index < -0.39 is 11.9 Å². The second-order valence-corrected chi connectivity index (χ2v) is 7.13. The van der Waals surface area contributed by atoms with Crippen LogP contribution in [0.3, 0.4) is 0 Å². The Bertz CT molecular complexity index is 1080. The van der Waals surface area contributed by atoms with Crippen LogP contribution in [0.25, 0.3) is 0 Å². The highest BCUT2D eigenvalue weighted by atomic mass is 16.5. The molecule has 3 aromatic rings. The molecule has 3 rings (SSSR count). The number of nitrogens with zero attached hydrogens (tertiary/aromatic N) is 3. The standard InChI is InChI=1S/C23H25N3O5/c1-5-30-23(29)21-15(2)20(16(3)25(21)4)18(27)14-26(13-17-8-10-24-11-9-17)22(28)19-7-6-12-31-19/h6-12H,5,13-14H2,1-4H3. The van der Waals surface area contributed by atoms with E-state index in [1.54, 1.807) is 69.0 Å². The van der Waals surface area contributed by atoms with E-state index in [0.29, 0.717) is 22.5 Å². The van der Waals surface area contributed by atoms with Gasteiger partial charge in [0.2, 0.25) is 0 Å². The number of rotatable bonds is 8. The zero-order valence-electron chi connectivity index (χ0n) is 18.0. The van der Waals surface area contributed by atoms with E-state index in [1.165, 1.54) is 11.2 Å². The Balaban J connectivity index is 1.93. The summed E-state index contributed by atoms with van der Waals surface area (Å²) in [5.41, 5.74) is 2.76. The minimum atomic E-state index is -0.482. The molecule has 0 N–H and O–H groups in total. The first kappa shape index (κ1) is 22.0. The van der Waals surface area contributed by atoms with E-state index in [2.05, 4.69) is 4.98 Å². The number of carbonyl (C=O) groups excluding carboxylic acids is 3. The van der Waals surface area contributed by atoms with Gasteiger partial charge in [0.05, 0.1) is 19.4 Å². The number of furan rings is 1. The Labute approximate surface area is 180 Å². The van der Waals surface area contributed by atoms with Gasteiger partial charge in [-0.05, 0) is 56.2 Å². The second kappa shape index (κ2) is 9.42. The highest BCUT2D eigenvalue weighted by Crippen LogP contribution is 2.23. The molecule has 3 heterocycles. The maximum atomic E-state index is 13.3. The molecule has 0 fully saturated rings. The Morgan fingerprint density at radius 1 is 1.16 bits per heavy atom. The van der Waals surface area contributed by atoms with Crippen LogP contribution in [0.4, 0.5) is 0 Å². The summed E-state index contributed by atoms with van der Waals surface area (Å²) in [6, 6.07) is 6.75. The summed E-state index contributed by atoms with van der Waals surface area (Å²) >= 11 is 0. The van der Waals surface area contributed by atoms with Crippen molar-refractivity contribution in [3.63, 3.8) is 0 Å². The van der Waals surface area contributed by atoms with Gasteiger partial charge >= 0.3 is 5.97 Å². The molecule has 0 unspecified atom stereocenters. The van der Waals surface area contributed by atoms with Gasteiger partial charge < -0.3 is 18.6 Å². The lowest BCUT2D eigenvalue weighted by Crippen LogP contribution is -2.35. The van der Waals surface area contributed by atoms with Crippen LogP contribution in [-0.4, -0.2) is 45.3 Å². The number of ether oxygens (including phenoxy) is 1. The number of Topliss-reactive ketones (excluding diaryl/α,β-unsaturated/α-hetero) is 1. The van der Waals surface area contributed by atoms with Crippen molar-refractivity contribution >= 4 is 17.7 Å². The third-order valence-corrected chi connectivity index (χ3v) is 5.15. The van der Waals surface area contributed by atoms with Crippen LogP contribution in [0, 0.1) is 13.8 Å². The first-order valence-corrected chi connectivity index (χ1v) is 9.93. The van der Waals surface area contributed by atoms with E-state index in [9.17, 15) is 14.4 Å². The molecule has 0 radical (unpaired) electrons. The van der Waals surface area contributed by atoms with Crippen LogP contribution < -0.4 is 0 Å². The number of hydrogen-bond acceptors (Lipinski definition) is 6. The molecule has 0 aliphatic heterocycles. The van der Waals surface area contributed by atoms with Crippen LogP contribution in [0.5, 0.6) is 0 Å². The van der Waals surface area contributed by atoms with E-state index in [-0.39, 0.29) is 31.2 Å². The molecule has 1 amide bonds. The number of amides is 1. The molecule has 3 aromatic heterocycles. The van der Waals surface area contributed by atoms with Gasteiger partial charge in [0.15, 0.2) is 11.5 Å². The van der Waals surface area contributed by atoms with Crippen molar-refractivity contribution in [2.24, 2.45) is 7.05 Å². The van der Waals surface area contributed by atoms with Crippen LogP contribution >= 0.6 is 0 Å². The smallest absolute Gasteiger partial charge is 0.355 e. The van der Waals surface area contributed by atoms with Gasteiger partial charge in [-0.3, -0.25) is 14.6 Å². The van der Waals surface area contributed by atoms with Gasteiger partial charge in [-0.25, -0.2) is 4.79 Å². The van der Waals surface area contributed by atoms with Crippen molar-refractivity contribution < 1.29 is 23.5 Å². The highest BCUT2D eigenvalue weighted by molar-refractivity contribution is 6.05. The topological polar surface area (TPSA) is 94.6 Å². The normalized spacial score (nSPS) is 10.7. The number of pyridine rings is 1. The fourth-order valence-corrected chi connectivity index (χ4v) is 3.59. The molecule has 0 saturated heterocycles. The molecule has 8 nitrogen and oxygen atoms in total. The fraction of sp³-hybridized carbons (Fsp3) is 0.304. The van der Waals surface area contributed by atoms with Crippen LogP contribution in [0.1, 0.15) is 55.1 Å². The van der Waals surface area contributed by atoms with Crippen molar-refractivity contribution in [2.75, 3.05) is 13.2 Å². The fourth-order valence-electron chi connectivity index (χ4n) is 3.59. The predicted octanol–water partition coefficient (Wildman–Crippen LogP) is 3.33. The number of carbonyl (C=O) groups is 3. The van der Waals surface area contributed by atoms with Gasteiger partial charge in [0.1, 0.15) is 5.69 Å². The van der Waals surface area contributed by atoms with E-state index in [1.807, 2.05) is 0 Å². The van der Waals surface area contributed by atoms with Gasteiger partial charge in [0, 0.05) is 37.2 Å². The van der Waals surface area contributed by atoms with Crippen LogP contribution in [-0.2, 0) is 18.3 Å². The van der Waals surface area contributed by atoms with E-state index in [4.69, 9.17) is 9.15 Å². The third-order valence-electron chi connectivity index (χ3n) is 5.15. The maximum absolute atomic E-state index is 13.3. The Morgan fingerprint density at radius 3 is 2.48 bits per heavy atom. The van der Waals surface area contributed by atoms with E-state index in [0.717, 1.165) is 5.56 Å². The number of aromatic nitrogens is 2. The Hall–Kier alpha value is -3.68. The lowest BCUT2D eigenvalue weighted by molar-refractivity contribution is 0.0514. The molecule has 0 aromatic carbocycles. The summed E-state index contributed by atoms with van der Waals surface area (Å²) in [5, 5.41) is 0. The van der Waals surface area contributed by atoms with Crippen molar-refractivity contribution in [3.8, 4) is 0 Å². The molecule has 0 bridgehead atoms. The first-order chi connectivity index (χ1) is 14.8. The van der Waals surface area contributed by atoms with Gasteiger partial charge in [0.25, 0.3) is 5.91 Å². The van der Waals surface area contributed by atoms with Crippen molar-refractivity contribution in [2.45, 2.75) is 27.3 Å². The summed E-state index contributed by atoms with van der Waals surface area (Å²) in [5.74, 6) is -0.998. The number of esters is 1. The summed E-state index contributed by atoms with van der Waals surface area (Å²) in [6.45, 7) is 5.49. The average molecular weight is 423 g/mol. The molecular weight excluding hydrogens is 398 g/mol. The molecule has 0 atom stereocenters. The number of hydrogen-bond donors (Lipinski definition) is 0. The van der Waals surface area contributed by atoms with Crippen LogP contribution in [0.2, 0.25) is 0 Å². The average Bonchev–Trinajstić information content (AvgIpc) is 3.35. The van der Waals surface area contributed by atoms with Gasteiger partial charge in [-0.1, -0.05) is 0 Å². The minimum Gasteiger partial charge on any atom is -0.461 e. The first-order valence-electron chi connectivity index (χ1n) is 9.93. The quantitative estimate of drug-likeness (QED) is 0.407. The summed E-state index contributed by atoms with van der Waals surface area (Å²) < 4.78 is 12.0. The SMILES string of the molecule is CCOC(=O)c1c(C)c(C(=O)CN(Cc2ccncc2)C(=O)c2ccco2)c(C)n1C. The van der Waals surface area contributed by atoms with Gasteiger partial charge in [-0.15, -0.1) is 0 Å². The molecule has 0 aliphatic rings. The molecule has 8 heteroatoms. The summed E-state index contributed by atoms with van der Waals surface area (Å²) in [6.07, 6.45) is 4.67. The van der Waals surface area contributed by atoms with E-state index >= 15 is 0 Å². The van der Waals surface area contributed by atoms with Crippen LogP contribution in [0.15, 0.2) is 47.3 Å². The second-order valence-electron chi connectivity index (χ2n) is 7.13. The lowest BCUT2D eigenvalue weighted by atomic mass is 10.0. The van der Waals surface area contributed by atoms with Crippen molar-refractivity contribution in [1.82, 2.24) is 14.5 Å². The summed E-state index contributed by atoms with van der Waals surface area (Å²) in [7, 11) is 1.72. The lowest BCUT2D eigenvalue weighted by Gasteiger charge is -2.21. The molecular formula is C23H25N3O5. The maximum Gasteiger partial charge on any atom is 0.355 e. The predicted molar refractivity (Wildman–Crippen MR) is 113 cm³/mol. The molecule has 162 valence electrons. The van der Waals surface area contributed by atoms with Crippen molar-refractivity contribution in [1.29, 1.82) is 0 Å². The molecule has 0 spiro atoms. The molecule has 0 saturated carbocycles. The summed E-state index contributed by atoms with van der Waals surface area (Å²) in [4.78, 5) is 44.1. The monoisotopic (exact) mass is 423 g/mol. The van der Waals surface area contributed by atoms with Gasteiger partial charge in [-0.2, -0.15) is 0 Å². The minimum absolute atomic E-state index is 0.149. The van der Waals surface area contributed by atoms with Crippen molar-refractivity contribution in [3.05, 3.63) is 76.8 Å². The zero-order valence-corrected chi connectivity index (χ0v) is 18.0.